The summed E-state index contributed by atoms with van der Waals surface area (Å²) in [7, 11) is 0. The number of hydrogen-bond acceptors (Lipinski definition) is 3. The molecule has 1 heterocycles. The highest BCUT2D eigenvalue weighted by atomic mass is 16.1. The SMILES string of the molecule is CC(=O)NCC#Cc1c[nH]c(=O)cn1. The molecular weight excluding hydrogens is 182 g/mol. The maximum absolute atomic E-state index is 10.6. The quantitative estimate of drug-likeness (QED) is 0.574. The first-order valence-corrected chi connectivity index (χ1v) is 3.96. The third-order valence-electron chi connectivity index (χ3n) is 1.31. The summed E-state index contributed by atoms with van der Waals surface area (Å²) in [6, 6.07) is 0. The van der Waals surface area contributed by atoms with Gasteiger partial charge in [-0.3, -0.25) is 9.59 Å². The zero-order valence-electron chi connectivity index (χ0n) is 7.63. The van der Waals surface area contributed by atoms with Gasteiger partial charge < -0.3 is 10.3 Å². The molecule has 1 aromatic heterocycles. The van der Waals surface area contributed by atoms with E-state index < -0.39 is 0 Å². The Balaban J connectivity index is 2.55. The van der Waals surface area contributed by atoms with Crippen molar-refractivity contribution in [1.82, 2.24) is 15.3 Å². The van der Waals surface area contributed by atoms with Crippen molar-refractivity contribution in [3.8, 4) is 11.8 Å². The van der Waals surface area contributed by atoms with E-state index in [1.807, 2.05) is 0 Å². The second kappa shape index (κ2) is 4.82. The van der Waals surface area contributed by atoms with Crippen LogP contribution in [0.3, 0.4) is 0 Å². The molecule has 0 aromatic carbocycles. The Morgan fingerprint density at radius 2 is 2.50 bits per heavy atom. The molecule has 1 amide bonds. The van der Waals surface area contributed by atoms with E-state index in [9.17, 15) is 9.59 Å². The number of amides is 1. The Kier molecular flexibility index (Phi) is 3.44. The highest BCUT2D eigenvalue weighted by Gasteiger charge is 1.87. The lowest BCUT2D eigenvalue weighted by Crippen LogP contribution is -2.19. The normalized spacial score (nSPS) is 8.64. The van der Waals surface area contributed by atoms with Gasteiger partial charge in [-0.1, -0.05) is 5.92 Å². The molecule has 0 aliphatic heterocycles. The minimum atomic E-state index is -0.266. The topological polar surface area (TPSA) is 74.8 Å². The van der Waals surface area contributed by atoms with Gasteiger partial charge in [0.15, 0.2) is 0 Å². The molecule has 5 heteroatoms. The zero-order valence-corrected chi connectivity index (χ0v) is 7.63. The molecule has 0 bridgehead atoms. The average Bonchev–Trinajstić information content (AvgIpc) is 2.15. The number of hydrogen-bond donors (Lipinski definition) is 2. The van der Waals surface area contributed by atoms with Crippen LogP contribution in [-0.4, -0.2) is 22.4 Å². The summed E-state index contributed by atoms with van der Waals surface area (Å²) in [5.74, 6) is 5.24. The van der Waals surface area contributed by atoms with E-state index in [1.54, 1.807) is 0 Å². The van der Waals surface area contributed by atoms with Crippen molar-refractivity contribution in [3.05, 3.63) is 28.4 Å². The summed E-state index contributed by atoms with van der Waals surface area (Å²) in [5, 5.41) is 2.51. The predicted molar refractivity (Wildman–Crippen MR) is 50.4 cm³/mol. The lowest BCUT2D eigenvalue weighted by atomic mass is 10.4. The van der Waals surface area contributed by atoms with Crippen molar-refractivity contribution >= 4 is 5.91 Å². The van der Waals surface area contributed by atoms with E-state index in [0.717, 1.165) is 6.20 Å². The summed E-state index contributed by atoms with van der Waals surface area (Å²) in [5.41, 5.74) is 0.201. The van der Waals surface area contributed by atoms with E-state index in [2.05, 4.69) is 27.1 Å². The van der Waals surface area contributed by atoms with Crippen molar-refractivity contribution in [3.63, 3.8) is 0 Å². The monoisotopic (exact) mass is 191 g/mol. The van der Waals surface area contributed by atoms with E-state index in [1.165, 1.54) is 13.1 Å². The van der Waals surface area contributed by atoms with E-state index in [-0.39, 0.29) is 18.0 Å². The third kappa shape index (κ3) is 3.54. The number of nitrogens with one attached hydrogen (secondary N) is 2. The largest absolute Gasteiger partial charge is 0.345 e. The molecule has 2 N–H and O–H groups in total. The summed E-state index contributed by atoms with van der Waals surface area (Å²) < 4.78 is 0. The first-order chi connectivity index (χ1) is 6.68. The smallest absolute Gasteiger partial charge is 0.266 e. The van der Waals surface area contributed by atoms with Crippen LogP contribution in [0.25, 0.3) is 0 Å². The molecule has 5 nitrogen and oxygen atoms in total. The van der Waals surface area contributed by atoms with E-state index in [4.69, 9.17) is 0 Å². The predicted octanol–water partition coefficient (Wildman–Crippen LogP) is -0.742. The lowest BCUT2D eigenvalue weighted by Gasteiger charge is -1.91. The average molecular weight is 191 g/mol. The van der Waals surface area contributed by atoms with Crippen molar-refractivity contribution in [1.29, 1.82) is 0 Å². The molecule has 0 aliphatic rings. The summed E-state index contributed by atoms with van der Waals surface area (Å²) in [6.07, 6.45) is 2.57. The Hall–Kier alpha value is -2.09. The van der Waals surface area contributed by atoms with Gasteiger partial charge in [0.25, 0.3) is 5.56 Å². The van der Waals surface area contributed by atoms with Gasteiger partial charge in [0.2, 0.25) is 5.91 Å². The van der Waals surface area contributed by atoms with Crippen LogP contribution in [0.1, 0.15) is 12.6 Å². The fourth-order valence-corrected chi connectivity index (χ4v) is 0.714. The first kappa shape index (κ1) is 9.99. The van der Waals surface area contributed by atoms with Crippen LogP contribution in [0.2, 0.25) is 0 Å². The summed E-state index contributed by atoms with van der Waals surface area (Å²) in [4.78, 5) is 27.3. The minimum absolute atomic E-state index is 0.131. The number of aromatic nitrogens is 2. The molecule has 0 atom stereocenters. The Morgan fingerprint density at radius 1 is 1.71 bits per heavy atom. The van der Waals surface area contributed by atoms with Crippen LogP contribution in [0.4, 0.5) is 0 Å². The zero-order chi connectivity index (χ0) is 10.4. The lowest BCUT2D eigenvalue weighted by molar-refractivity contribution is -0.118. The van der Waals surface area contributed by atoms with Gasteiger partial charge in [0, 0.05) is 13.1 Å². The molecule has 1 rings (SSSR count). The van der Waals surface area contributed by atoms with Crippen LogP contribution in [-0.2, 0) is 4.79 Å². The number of carbonyl (C=O) groups excluding carboxylic acids is 1. The fraction of sp³-hybridized carbons (Fsp3) is 0.222. The molecule has 0 saturated carbocycles. The van der Waals surface area contributed by atoms with Gasteiger partial charge in [0.1, 0.15) is 5.69 Å². The number of H-pyrrole nitrogens is 1. The number of carbonyl (C=O) groups is 1. The number of nitrogens with zero attached hydrogens (tertiary/aromatic N) is 1. The van der Waals surface area contributed by atoms with Crippen molar-refractivity contribution in [2.75, 3.05) is 6.54 Å². The molecule has 0 saturated heterocycles. The summed E-state index contributed by atoms with van der Waals surface area (Å²) >= 11 is 0. The van der Waals surface area contributed by atoms with Gasteiger partial charge in [-0.2, -0.15) is 0 Å². The maximum Gasteiger partial charge on any atom is 0.266 e. The maximum atomic E-state index is 10.6. The van der Waals surface area contributed by atoms with E-state index in [0.29, 0.717) is 5.69 Å². The highest BCUT2D eigenvalue weighted by molar-refractivity contribution is 5.73. The molecule has 0 fully saturated rings. The molecule has 0 aliphatic carbocycles. The van der Waals surface area contributed by atoms with Crippen LogP contribution in [0.15, 0.2) is 17.2 Å². The van der Waals surface area contributed by atoms with Crippen molar-refractivity contribution in [2.45, 2.75) is 6.92 Å². The number of rotatable bonds is 1. The van der Waals surface area contributed by atoms with Crippen molar-refractivity contribution in [2.24, 2.45) is 0 Å². The second-order valence-electron chi connectivity index (χ2n) is 2.51. The van der Waals surface area contributed by atoms with Crippen molar-refractivity contribution < 1.29 is 4.79 Å². The van der Waals surface area contributed by atoms with Gasteiger partial charge in [-0.25, -0.2) is 4.98 Å². The standard InChI is InChI=1S/C9H9N3O2/c1-7(13)10-4-2-3-8-5-12-9(14)6-11-8/h5-6H,4H2,1H3,(H,10,13)(H,12,14). The van der Waals surface area contributed by atoms with Crippen LogP contribution < -0.4 is 10.9 Å². The van der Waals surface area contributed by atoms with Crippen LogP contribution >= 0.6 is 0 Å². The molecule has 0 spiro atoms. The molecule has 0 unspecified atom stereocenters. The Labute approximate surface area is 80.6 Å². The first-order valence-electron chi connectivity index (χ1n) is 3.96. The van der Waals surface area contributed by atoms with Crippen LogP contribution in [0, 0.1) is 11.8 Å². The number of aromatic amines is 1. The molecule has 1 aromatic rings. The molecular formula is C9H9N3O2. The van der Waals surface area contributed by atoms with E-state index >= 15 is 0 Å². The summed E-state index contributed by atoms with van der Waals surface area (Å²) in [6.45, 7) is 1.69. The highest BCUT2D eigenvalue weighted by Crippen LogP contribution is 1.81. The Morgan fingerprint density at radius 3 is 3.07 bits per heavy atom. The van der Waals surface area contributed by atoms with Gasteiger partial charge in [-0.05, 0) is 5.92 Å². The second-order valence-corrected chi connectivity index (χ2v) is 2.51. The molecule has 0 radical (unpaired) electrons. The van der Waals surface area contributed by atoms with Gasteiger partial charge >= 0.3 is 0 Å². The minimum Gasteiger partial charge on any atom is -0.345 e. The molecule has 72 valence electrons. The molecule has 14 heavy (non-hydrogen) atoms. The third-order valence-corrected chi connectivity index (χ3v) is 1.31. The van der Waals surface area contributed by atoms with Gasteiger partial charge in [-0.15, -0.1) is 0 Å². The fourth-order valence-electron chi connectivity index (χ4n) is 0.714. The van der Waals surface area contributed by atoms with Gasteiger partial charge in [0.05, 0.1) is 12.7 Å². The Bertz CT molecular complexity index is 419. The van der Waals surface area contributed by atoms with Crippen LogP contribution in [0.5, 0.6) is 0 Å².